The van der Waals surface area contributed by atoms with Crippen LogP contribution in [0.1, 0.15) is 63.5 Å². The maximum atomic E-state index is 2.85. The van der Waals surface area contributed by atoms with Crippen LogP contribution in [0.2, 0.25) is 0 Å². The molecule has 146 valence electrons. The van der Waals surface area contributed by atoms with Gasteiger partial charge in [0.05, 0.1) is 0 Å². The van der Waals surface area contributed by atoms with Crippen LogP contribution in [0, 0.1) is 11.8 Å². The van der Waals surface area contributed by atoms with E-state index < -0.39 is 0 Å². The zero-order chi connectivity index (χ0) is 18.9. The summed E-state index contributed by atoms with van der Waals surface area (Å²) >= 11 is 0. The van der Waals surface area contributed by atoms with Crippen molar-refractivity contribution < 1.29 is 0 Å². The van der Waals surface area contributed by atoms with Crippen molar-refractivity contribution in [1.82, 2.24) is 4.90 Å². The summed E-state index contributed by atoms with van der Waals surface area (Å²) in [4.78, 5) is 5.04. The monoisotopic (exact) mass is 364 g/mol. The second kappa shape index (κ2) is 7.83. The molecule has 2 heteroatoms. The van der Waals surface area contributed by atoms with Crippen molar-refractivity contribution in [3.05, 3.63) is 54.1 Å². The molecule has 0 spiro atoms. The molecule has 3 aliphatic rings. The highest BCUT2D eigenvalue weighted by atomic mass is 15.2. The lowest BCUT2D eigenvalue weighted by Gasteiger charge is -2.52. The van der Waals surface area contributed by atoms with E-state index in [2.05, 4.69) is 79.4 Å². The third kappa shape index (κ3) is 3.61. The SMILES string of the molecule is CN(C)c1ccc(C2CCCCN2C2(C)C=CC=CC2C2CCCC2)cc1. The molecule has 1 aromatic carbocycles. The smallest absolute Gasteiger partial charge is 0.0437 e. The van der Waals surface area contributed by atoms with Gasteiger partial charge in [0.1, 0.15) is 0 Å². The minimum absolute atomic E-state index is 0.148. The highest BCUT2D eigenvalue weighted by Crippen LogP contribution is 2.47. The Bertz CT molecular complexity index is 681. The van der Waals surface area contributed by atoms with Crippen LogP contribution < -0.4 is 4.90 Å². The molecule has 4 rings (SSSR count). The Morgan fingerprint density at radius 2 is 1.63 bits per heavy atom. The fourth-order valence-electron chi connectivity index (χ4n) is 5.83. The van der Waals surface area contributed by atoms with Gasteiger partial charge in [-0.25, -0.2) is 0 Å². The third-order valence-corrected chi connectivity index (χ3v) is 7.36. The van der Waals surface area contributed by atoms with Gasteiger partial charge in [0, 0.05) is 37.3 Å². The van der Waals surface area contributed by atoms with Crippen LogP contribution in [0.15, 0.2) is 48.6 Å². The molecular formula is C25H36N2. The molecule has 0 bridgehead atoms. The van der Waals surface area contributed by atoms with E-state index in [0.29, 0.717) is 12.0 Å². The van der Waals surface area contributed by atoms with Gasteiger partial charge in [0.25, 0.3) is 0 Å². The number of likely N-dealkylation sites (tertiary alicyclic amines) is 1. The fourth-order valence-corrected chi connectivity index (χ4v) is 5.83. The Balaban J connectivity index is 1.64. The summed E-state index contributed by atoms with van der Waals surface area (Å²) in [5, 5.41) is 0. The van der Waals surface area contributed by atoms with Gasteiger partial charge in [-0.1, -0.05) is 55.7 Å². The zero-order valence-corrected chi connectivity index (χ0v) is 17.4. The van der Waals surface area contributed by atoms with Crippen LogP contribution >= 0.6 is 0 Å². The van der Waals surface area contributed by atoms with Gasteiger partial charge in [-0.15, -0.1) is 0 Å². The topological polar surface area (TPSA) is 6.48 Å². The van der Waals surface area contributed by atoms with Crippen molar-refractivity contribution in [2.45, 2.75) is 63.5 Å². The van der Waals surface area contributed by atoms with Crippen molar-refractivity contribution in [3.63, 3.8) is 0 Å². The second-order valence-electron chi connectivity index (χ2n) is 9.23. The van der Waals surface area contributed by atoms with Crippen LogP contribution in [0.25, 0.3) is 0 Å². The van der Waals surface area contributed by atoms with Crippen molar-refractivity contribution in [2.24, 2.45) is 11.8 Å². The molecule has 2 aliphatic carbocycles. The van der Waals surface area contributed by atoms with E-state index in [0.717, 1.165) is 5.92 Å². The molecule has 1 aromatic rings. The predicted molar refractivity (Wildman–Crippen MR) is 116 cm³/mol. The minimum Gasteiger partial charge on any atom is -0.378 e. The Morgan fingerprint density at radius 1 is 0.926 bits per heavy atom. The largest absolute Gasteiger partial charge is 0.378 e. The summed E-state index contributed by atoms with van der Waals surface area (Å²) in [6, 6.07) is 9.86. The molecule has 1 saturated heterocycles. The molecule has 27 heavy (non-hydrogen) atoms. The Labute approximate surface area is 165 Å². The second-order valence-corrected chi connectivity index (χ2v) is 9.23. The summed E-state index contributed by atoms with van der Waals surface area (Å²) in [6.45, 7) is 3.74. The number of piperidine rings is 1. The molecule has 0 N–H and O–H groups in total. The lowest BCUT2D eigenvalue weighted by molar-refractivity contribution is 0.0152. The summed E-state index contributed by atoms with van der Waals surface area (Å²) in [5.41, 5.74) is 2.93. The maximum absolute atomic E-state index is 2.85. The Hall–Kier alpha value is -1.54. The van der Waals surface area contributed by atoms with E-state index in [1.807, 2.05) is 0 Å². The van der Waals surface area contributed by atoms with Gasteiger partial charge in [0.15, 0.2) is 0 Å². The first-order chi connectivity index (χ1) is 13.1. The first-order valence-corrected chi connectivity index (χ1v) is 11.0. The van der Waals surface area contributed by atoms with E-state index >= 15 is 0 Å². The van der Waals surface area contributed by atoms with E-state index in [9.17, 15) is 0 Å². The van der Waals surface area contributed by atoms with Crippen molar-refractivity contribution in [3.8, 4) is 0 Å². The Morgan fingerprint density at radius 3 is 2.33 bits per heavy atom. The molecular weight excluding hydrogens is 328 g/mol. The number of nitrogens with zero attached hydrogens (tertiary/aromatic N) is 2. The summed E-state index contributed by atoms with van der Waals surface area (Å²) < 4.78 is 0. The summed E-state index contributed by atoms with van der Waals surface area (Å²) in [5.74, 6) is 1.52. The van der Waals surface area contributed by atoms with E-state index in [1.54, 1.807) is 0 Å². The van der Waals surface area contributed by atoms with E-state index in [4.69, 9.17) is 0 Å². The Kier molecular flexibility index (Phi) is 5.45. The molecule has 0 aromatic heterocycles. The number of hydrogen-bond donors (Lipinski definition) is 0. The van der Waals surface area contributed by atoms with Crippen LogP contribution in [-0.2, 0) is 0 Å². The maximum Gasteiger partial charge on any atom is 0.0437 e. The van der Waals surface area contributed by atoms with Crippen LogP contribution in [-0.4, -0.2) is 31.1 Å². The van der Waals surface area contributed by atoms with E-state index in [1.165, 1.54) is 62.7 Å². The van der Waals surface area contributed by atoms with Crippen molar-refractivity contribution in [1.29, 1.82) is 0 Å². The first-order valence-electron chi connectivity index (χ1n) is 11.0. The molecule has 3 unspecified atom stereocenters. The molecule has 2 nitrogen and oxygen atoms in total. The third-order valence-electron chi connectivity index (χ3n) is 7.36. The molecule has 1 saturated carbocycles. The molecule has 1 aliphatic heterocycles. The predicted octanol–water partition coefficient (Wildman–Crippen LogP) is 5.97. The summed E-state index contributed by atoms with van der Waals surface area (Å²) in [6.07, 6.45) is 19.3. The quantitative estimate of drug-likeness (QED) is 0.649. The number of rotatable bonds is 4. The average Bonchev–Trinajstić information content (AvgIpc) is 3.23. The number of hydrogen-bond acceptors (Lipinski definition) is 2. The number of benzene rings is 1. The average molecular weight is 365 g/mol. The number of anilines is 1. The zero-order valence-electron chi connectivity index (χ0n) is 17.4. The molecule has 3 atom stereocenters. The van der Waals surface area contributed by atoms with Crippen LogP contribution in [0.4, 0.5) is 5.69 Å². The fraction of sp³-hybridized carbons (Fsp3) is 0.600. The van der Waals surface area contributed by atoms with Gasteiger partial charge >= 0.3 is 0 Å². The van der Waals surface area contributed by atoms with Gasteiger partial charge in [-0.2, -0.15) is 0 Å². The minimum atomic E-state index is 0.148. The van der Waals surface area contributed by atoms with Crippen LogP contribution in [0.5, 0.6) is 0 Å². The lowest BCUT2D eigenvalue weighted by Crippen LogP contribution is -2.55. The van der Waals surface area contributed by atoms with Gasteiger partial charge in [0.2, 0.25) is 0 Å². The van der Waals surface area contributed by atoms with Gasteiger partial charge in [-0.3, -0.25) is 4.90 Å². The molecule has 0 amide bonds. The number of allylic oxidation sites excluding steroid dienone is 2. The highest BCUT2D eigenvalue weighted by molar-refractivity contribution is 5.46. The van der Waals surface area contributed by atoms with Crippen molar-refractivity contribution in [2.75, 3.05) is 25.5 Å². The highest BCUT2D eigenvalue weighted by Gasteiger charge is 2.45. The van der Waals surface area contributed by atoms with Gasteiger partial charge in [-0.05, 0) is 62.8 Å². The molecule has 1 heterocycles. The van der Waals surface area contributed by atoms with Gasteiger partial charge < -0.3 is 4.90 Å². The molecule has 2 fully saturated rings. The van der Waals surface area contributed by atoms with Crippen LogP contribution in [0.3, 0.4) is 0 Å². The van der Waals surface area contributed by atoms with Crippen molar-refractivity contribution >= 4 is 5.69 Å². The summed E-state index contributed by atoms with van der Waals surface area (Å²) in [7, 11) is 4.24. The normalized spacial score (nSPS) is 32.1. The first kappa shape index (κ1) is 18.8. The lowest BCUT2D eigenvalue weighted by atomic mass is 9.71. The molecule has 0 radical (unpaired) electrons. The standard InChI is InChI=1S/C25H36N2/c1-25(18-8-6-12-23(25)20-10-4-5-11-20)27-19-9-7-13-24(27)21-14-16-22(17-15-21)26(2)3/h6,8,12,14-18,20,23-24H,4-5,7,9-11,13,19H2,1-3H3. The van der Waals surface area contributed by atoms with E-state index in [-0.39, 0.29) is 5.54 Å².